The van der Waals surface area contributed by atoms with Crippen molar-refractivity contribution in [2.24, 2.45) is 0 Å². The van der Waals surface area contributed by atoms with Crippen LogP contribution < -0.4 is 10.9 Å². The molecule has 1 aliphatic rings. The zero-order chi connectivity index (χ0) is 18.6. The Hall–Kier alpha value is -3.08. The van der Waals surface area contributed by atoms with Crippen LogP contribution in [0.4, 0.5) is 5.69 Å². The smallest absolute Gasteiger partial charge is 0.268 e. The van der Waals surface area contributed by atoms with E-state index < -0.39 is 11.5 Å². The molecule has 0 bridgehead atoms. The molecule has 132 valence electrons. The molecule has 5 nitrogen and oxygen atoms in total. The van der Waals surface area contributed by atoms with E-state index in [1.165, 1.54) is 0 Å². The minimum Gasteiger partial charge on any atom is -0.506 e. The Morgan fingerprint density at radius 1 is 1.23 bits per heavy atom. The number of hydrogen-bond acceptors (Lipinski definition) is 3. The molecule has 26 heavy (non-hydrogen) atoms. The molecule has 3 aromatic rings. The first-order chi connectivity index (χ1) is 12.4. The number of nitrogens with zero attached hydrogens (tertiary/aromatic N) is 1. The SMILES string of the molecule is Cc1ccc(NC(=O)c2c(O)c3cccc4c3n(c2=O)[C@H](C)C4)c(C)c1. The average Bonchev–Trinajstić information content (AvgIpc) is 2.92. The number of nitrogens with one attached hydrogen (secondary N) is 1. The normalized spacial score (nSPS) is 15.4. The molecule has 4 rings (SSSR count). The van der Waals surface area contributed by atoms with Gasteiger partial charge in [-0.3, -0.25) is 9.59 Å². The Morgan fingerprint density at radius 2 is 2.00 bits per heavy atom. The highest BCUT2D eigenvalue weighted by molar-refractivity contribution is 6.09. The van der Waals surface area contributed by atoms with Crippen LogP contribution in [0.2, 0.25) is 0 Å². The molecule has 0 saturated heterocycles. The van der Waals surface area contributed by atoms with Crippen molar-refractivity contribution in [3.63, 3.8) is 0 Å². The minimum absolute atomic E-state index is 0.0457. The lowest BCUT2D eigenvalue weighted by Gasteiger charge is -2.15. The predicted molar refractivity (Wildman–Crippen MR) is 102 cm³/mol. The second-order valence-electron chi connectivity index (χ2n) is 7.04. The summed E-state index contributed by atoms with van der Waals surface area (Å²) >= 11 is 0. The molecular weight excluding hydrogens is 328 g/mol. The molecule has 2 aromatic carbocycles. The number of amides is 1. The number of anilines is 1. The average molecular weight is 348 g/mol. The topological polar surface area (TPSA) is 71.3 Å². The summed E-state index contributed by atoms with van der Waals surface area (Å²) in [5.74, 6) is -0.839. The van der Waals surface area contributed by atoms with Gasteiger partial charge in [0.25, 0.3) is 11.5 Å². The summed E-state index contributed by atoms with van der Waals surface area (Å²) in [7, 11) is 0. The van der Waals surface area contributed by atoms with Crippen molar-refractivity contribution in [3.05, 3.63) is 69.0 Å². The molecule has 0 unspecified atom stereocenters. The number of carbonyl (C=O) groups is 1. The van der Waals surface area contributed by atoms with Crippen molar-refractivity contribution < 1.29 is 9.90 Å². The van der Waals surface area contributed by atoms with Crippen LogP contribution in [-0.4, -0.2) is 15.6 Å². The van der Waals surface area contributed by atoms with Gasteiger partial charge in [-0.15, -0.1) is 0 Å². The monoisotopic (exact) mass is 348 g/mol. The molecule has 0 aliphatic carbocycles. The van der Waals surface area contributed by atoms with E-state index in [1.807, 2.05) is 45.0 Å². The summed E-state index contributed by atoms with van der Waals surface area (Å²) < 4.78 is 1.63. The van der Waals surface area contributed by atoms with Gasteiger partial charge in [0, 0.05) is 17.1 Å². The van der Waals surface area contributed by atoms with Crippen molar-refractivity contribution in [2.45, 2.75) is 33.2 Å². The van der Waals surface area contributed by atoms with Crippen LogP contribution in [0.1, 0.15) is 40.0 Å². The van der Waals surface area contributed by atoms with Gasteiger partial charge in [0.05, 0.1) is 5.52 Å². The summed E-state index contributed by atoms with van der Waals surface area (Å²) in [6.07, 6.45) is 0.716. The van der Waals surface area contributed by atoms with Crippen LogP contribution in [0.5, 0.6) is 5.75 Å². The Morgan fingerprint density at radius 3 is 2.73 bits per heavy atom. The maximum absolute atomic E-state index is 13.0. The number of aryl methyl sites for hydroxylation is 2. The molecule has 0 radical (unpaired) electrons. The first-order valence-electron chi connectivity index (χ1n) is 8.66. The van der Waals surface area contributed by atoms with E-state index in [1.54, 1.807) is 16.7 Å². The van der Waals surface area contributed by atoms with Gasteiger partial charge < -0.3 is 15.0 Å². The van der Waals surface area contributed by atoms with E-state index in [4.69, 9.17) is 0 Å². The molecule has 2 N–H and O–H groups in total. The lowest BCUT2D eigenvalue weighted by Crippen LogP contribution is -2.30. The van der Waals surface area contributed by atoms with E-state index in [0.717, 1.165) is 22.2 Å². The predicted octanol–water partition coefficient (Wildman–Crippen LogP) is 3.69. The van der Waals surface area contributed by atoms with Gasteiger partial charge in [-0.2, -0.15) is 0 Å². The summed E-state index contributed by atoms with van der Waals surface area (Å²) in [6, 6.07) is 11.1. The van der Waals surface area contributed by atoms with Crippen LogP contribution in [0, 0.1) is 13.8 Å². The minimum atomic E-state index is -0.588. The molecule has 1 aliphatic heterocycles. The van der Waals surface area contributed by atoms with Gasteiger partial charge >= 0.3 is 0 Å². The molecule has 0 fully saturated rings. The third kappa shape index (κ3) is 2.31. The van der Waals surface area contributed by atoms with Crippen LogP contribution >= 0.6 is 0 Å². The maximum atomic E-state index is 13.0. The van der Waals surface area contributed by atoms with Crippen molar-refractivity contribution in [2.75, 3.05) is 5.32 Å². The molecule has 2 heterocycles. The number of carbonyl (C=O) groups excluding carboxylic acids is 1. The Bertz CT molecular complexity index is 1130. The molecule has 0 spiro atoms. The number of para-hydroxylation sites is 1. The van der Waals surface area contributed by atoms with Gasteiger partial charge in [0.1, 0.15) is 11.3 Å². The largest absolute Gasteiger partial charge is 0.506 e. The Labute approximate surface area is 150 Å². The van der Waals surface area contributed by atoms with Crippen molar-refractivity contribution >= 4 is 22.5 Å². The number of pyridine rings is 1. The lowest BCUT2D eigenvalue weighted by molar-refractivity contribution is 0.102. The number of rotatable bonds is 2. The highest BCUT2D eigenvalue weighted by Crippen LogP contribution is 2.36. The maximum Gasteiger partial charge on any atom is 0.268 e. The van der Waals surface area contributed by atoms with Gasteiger partial charge in [-0.1, -0.05) is 29.8 Å². The van der Waals surface area contributed by atoms with Crippen LogP contribution in [0.25, 0.3) is 10.9 Å². The van der Waals surface area contributed by atoms with Crippen LogP contribution in [-0.2, 0) is 6.42 Å². The number of aromatic nitrogens is 1. The second-order valence-corrected chi connectivity index (χ2v) is 7.04. The van der Waals surface area contributed by atoms with Crippen LogP contribution in [0.15, 0.2) is 41.2 Å². The molecule has 5 heteroatoms. The summed E-state index contributed by atoms with van der Waals surface area (Å²) in [6.45, 7) is 5.81. The molecule has 1 aromatic heterocycles. The van der Waals surface area contributed by atoms with Crippen LogP contribution in [0.3, 0.4) is 0 Å². The number of aromatic hydroxyl groups is 1. The third-order valence-electron chi connectivity index (χ3n) is 5.10. The number of hydrogen-bond donors (Lipinski definition) is 2. The highest BCUT2D eigenvalue weighted by Gasteiger charge is 2.29. The molecule has 1 amide bonds. The van der Waals surface area contributed by atoms with E-state index in [9.17, 15) is 14.7 Å². The van der Waals surface area contributed by atoms with Gasteiger partial charge in [-0.25, -0.2) is 0 Å². The highest BCUT2D eigenvalue weighted by atomic mass is 16.3. The fourth-order valence-electron chi connectivity index (χ4n) is 3.86. The molecular formula is C21H20N2O3. The fourth-order valence-corrected chi connectivity index (χ4v) is 3.86. The van der Waals surface area contributed by atoms with Gasteiger partial charge in [0.2, 0.25) is 0 Å². The zero-order valence-corrected chi connectivity index (χ0v) is 15.0. The standard InChI is InChI=1S/C21H20N2O3/c1-11-7-8-16(12(2)9-11)22-20(25)17-19(24)15-6-4-5-14-10-13(3)23(18(14)15)21(17)26/h4-9,13,24H,10H2,1-3H3,(H,22,25)/t13-/m1/s1. The van der Waals surface area contributed by atoms with Crippen molar-refractivity contribution in [1.29, 1.82) is 0 Å². The van der Waals surface area contributed by atoms with E-state index >= 15 is 0 Å². The first-order valence-corrected chi connectivity index (χ1v) is 8.66. The first kappa shape index (κ1) is 16.4. The zero-order valence-electron chi connectivity index (χ0n) is 15.0. The van der Waals surface area contributed by atoms with Gasteiger partial charge in [-0.05, 0) is 50.5 Å². The third-order valence-corrected chi connectivity index (χ3v) is 5.10. The lowest BCUT2D eigenvalue weighted by atomic mass is 10.1. The Kier molecular flexibility index (Phi) is 3.61. The number of benzene rings is 2. The van der Waals surface area contributed by atoms with E-state index in [0.29, 0.717) is 17.5 Å². The van der Waals surface area contributed by atoms with E-state index in [2.05, 4.69) is 5.32 Å². The summed E-state index contributed by atoms with van der Waals surface area (Å²) in [4.78, 5) is 25.8. The second kappa shape index (κ2) is 5.73. The quantitative estimate of drug-likeness (QED) is 0.742. The van der Waals surface area contributed by atoms with E-state index in [-0.39, 0.29) is 17.4 Å². The summed E-state index contributed by atoms with van der Waals surface area (Å²) in [5, 5.41) is 14.0. The molecule has 1 atom stereocenters. The van der Waals surface area contributed by atoms with Crippen molar-refractivity contribution in [1.82, 2.24) is 4.57 Å². The van der Waals surface area contributed by atoms with Gasteiger partial charge in [0.15, 0.2) is 0 Å². The Balaban J connectivity index is 1.88. The molecule has 0 saturated carbocycles. The summed E-state index contributed by atoms with van der Waals surface area (Å²) in [5.41, 5.74) is 3.71. The van der Waals surface area contributed by atoms with Crippen molar-refractivity contribution in [3.8, 4) is 5.75 Å². The fraction of sp³-hybridized carbons (Fsp3) is 0.238.